The van der Waals surface area contributed by atoms with Crippen molar-refractivity contribution in [3.8, 4) is 0 Å². The normalized spacial score (nSPS) is 11.8. The van der Waals surface area contributed by atoms with Crippen molar-refractivity contribution in [2.45, 2.75) is 22.9 Å². The summed E-state index contributed by atoms with van der Waals surface area (Å²) >= 11 is 1.44. The molecule has 5 heteroatoms. The Kier molecular flexibility index (Phi) is 3.98. The van der Waals surface area contributed by atoms with Gasteiger partial charge >= 0.3 is 6.18 Å². The first kappa shape index (κ1) is 15.7. The second kappa shape index (κ2) is 5.81. The number of hydrogen-bond acceptors (Lipinski definition) is 1. The highest BCUT2D eigenvalue weighted by molar-refractivity contribution is 7.99. The van der Waals surface area contributed by atoms with Crippen molar-refractivity contribution >= 4 is 28.2 Å². The van der Waals surface area contributed by atoms with Gasteiger partial charge in [0.2, 0.25) is 0 Å². The van der Waals surface area contributed by atoms with Crippen LogP contribution in [0.25, 0.3) is 16.5 Å². The van der Waals surface area contributed by atoms with Crippen LogP contribution in [0.5, 0.6) is 0 Å². The fourth-order valence-corrected chi connectivity index (χ4v) is 3.49. The summed E-state index contributed by atoms with van der Waals surface area (Å²) in [6.45, 7) is 5.77. The topological polar surface area (TPSA) is 15.8 Å². The lowest BCUT2D eigenvalue weighted by Gasteiger charge is -2.07. The highest BCUT2D eigenvalue weighted by Gasteiger charge is 2.31. The average Bonchev–Trinajstić information content (AvgIpc) is 2.86. The van der Waals surface area contributed by atoms with Gasteiger partial charge in [-0.05, 0) is 42.8 Å². The average molecular weight is 333 g/mol. The summed E-state index contributed by atoms with van der Waals surface area (Å²) in [5.41, 5.74) is 1.59. The number of benzene rings is 2. The van der Waals surface area contributed by atoms with Crippen molar-refractivity contribution in [3.05, 3.63) is 66.4 Å². The summed E-state index contributed by atoms with van der Waals surface area (Å²) in [5, 5.41) is 0.562. The molecule has 3 aromatic rings. The van der Waals surface area contributed by atoms with Crippen LogP contribution in [0.3, 0.4) is 0 Å². The Morgan fingerprint density at radius 3 is 2.39 bits per heavy atom. The first-order valence-corrected chi connectivity index (χ1v) is 7.79. The molecular formula is C18H14F3NS. The molecule has 1 nitrogen and oxygen atoms in total. The number of halogens is 3. The first-order chi connectivity index (χ1) is 10.9. The van der Waals surface area contributed by atoms with E-state index in [-0.39, 0.29) is 0 Å². The van der Waals surface area contributed by atoms with Crippen LogP contribution < -0.4 is 0 Å². The molecule has 0 radical (unpaired) electrons. The summed E-state index contributed by atoms with van der Waals surface area (Å²) in [6, 6.07) is 13.3. The second-order valence-corrected chi connectivity index (χ2v) is 6.37. The van der Waals surface area contributed by atoms with Gasteiger partial charge in [-0.3, -0.25) is 0 Å². The van der Waals surface area contributed by atoms with Crippen LogP contribution in [0.15, 0.2) is 64.9 Å². The Labute approximate surface area is 136 Å². The zero-order valence-electron chi connectivity index (χ0n) is 12.4. The van der Waals surface area contributed by atoms with Crippen molar-refractivity contribution in [2.75, 3.05) is 0 Å². The zero-order chi connectivity index (χ0) is 16.6. The molecule has 0 bridgehead atoms. The summed E-state index contributed by atoms with van der Waals surface area (Å²) < 4.78 is 39.0. The Balaban J connectivity index is 2.19. The van der Waals surface area contributed by atoms with E-state index < -0.39 is 11.7 Å². The summed E-state index contributed by atoms with van der Waals surface area (Å²) in [5.74, 6) is 0. The third kappa shape index (κ3) is 3.15. The van der Waals surface area contributed by atoms with Gasteiger partial charge in [0.1, 0.15) is 0 Å². The zero-order valence-corrected chi connectivity index (χ0v) is 13.2. The van der Waals surface area contributed by atoms with E-state index in [0.717, 1.165) is 27.1 Å². The van der Waals surface area contributed by atoms with Gasteiger partial charge in [0.05, 0.1) is 11.3 Å². The van der Waals surface area contributed by atoms with Crippen LogP contribution >= 0.6 is 11.8 Å². The molecule has 2 aromatic carbocycles. The fraction of sp³-hybridized carbons (Fsp3) is 0.111. The molecule has 0 spiro atoms. The number of aromatic amines is 1. The number of fused-ring (bicyclic) bond motifs is 1. The van der Waals surface area contributed by atoms with Crippen LogP contribution in [-0.4, -0.2) is 4.98 Å². The molecule has 3 rings (SSSR count). The number of rotatable bonds is 3. The largest absolute Gasteiger partial charge is 0.416 e. The third-order valence-electron chi connectivity index (χ3n) is 3.47. The van der Waals surface area contributed by atoms with Gasteiger partial charge in [-0.2, -0.15) is 13.2 Å². The maximum absolute atomic E-state index is 13.0. The molecule has 0 atom stereocenters. The number of aromatic nitrogens is 1. The van der Waals surface area contributed by atoms with Gasteiger partial charge in [-0.1, -0.05) is 36.5 Å². The highest BCUT2D eigenvalue weighted by Crippen LogP contribution is 2.41. The maximum atomic E-state index is 13.0. The number of nitrogens with one attached hydrogen (secondary N) is 1. The number of allylic oxidation sites excluding steroid dienone is 1. The lowest BCUT2D eigenvalue weighted by atomic mass is 10.1. The van der Waals surface area contributed by atoms with E-state index >= 15 is 0 Å². The van der Waals surface area contributed by atoms with Crippen LogP contribution in [0.2, 0.25) is 0 Å². The van der Waals surface area contributed by atoms with Gasteiger partial charge in [-0.25, -0.2) is 0 Å². The van der Waals surface area contributed by atoms with Gasteiger partial charge in [0.25, 0.3) is 0 Å². The molecule has 1 N–H and O–H groups in total. The molecule has 1 heterocycles. The second-order valence-electron chi connectivity index (χ2n) is 5.28. The molecule has 0 aliphatic heterocycles. The van der Waals surface area contributed by atoms with Gasteiger partial charge in [0, 0.05) is 20.7 Å². The van der Waals surface area contributed by atoms with E-state index in [1.807, 2.05) is 37.3 Å². The highest BCUT2D eigenvalue weighted by atomic mass is 32.2. The molecule has 0 saturated heterocycles. The van der Waals surface area contributed by atoms with E-state index in [4.69, 9.17) is 0 Å². The summed E-state index contributed by atoms with van der Waals surface area (Å²) in [7, 11) is 0. The molecule has 0 aliphatic carbocycles. The van der Waals surface area contributed by atoms with E-state index in [0.29, 0.717) is 10.9 Å². The van der Waals surface area contributed by atoms with E-state index in [9.17, 15) is 13.2 Å². The Bertz CT molecular complexity index is 863. The minimum absolute atomic E-state index is 0.562. The van der Waals surface area contributed by atoms with Crippen molar-refractivity contribution in [1.82, 2.24) is 4.98 Å². The molecule has 0 fully saturated rings. The monoisotopic (exact) mass is 333 g/mol. The number of hydrogen-bond donors (Lipinski definition) is 1. The first-order valence-electron chi connectivity index (χ1n) is 6.98. The molecule has 0 aliphatic rings. The summed E-state index contributed by atoms with van der Waals surface area (Å²) in [6.07, 6.45) is -4.36. The van der Waals surface area contributed by atoms with Gasteiger partial charge in [0.15, 0.2) is 0 Å². The predicted octanol–water partition coefficient (Wildman–Crippen LogP) is 6.37. The maximum Gasteiger partial charge on any atom is 0.416 e. The van der Waals surface area contributed by atoms with Crippen molar-refractivity contribution < 1.29 is 13.2 Å². The number of H-pyrrole nitrogens is 1. The minimum Gasteiger partial charge on any atom is -0.354 e. The lowest BCUT2D eigenvalue weighted by Crippen LogP contribution is -2.04. The van der Waals surface area contributed by atoms with Crippen LogP contribution in [0.1, 0.15) is 18.2 Å². The standard InChI is InChI=1S/C18H14F3NS/c1-11(2)16-17(23-13-6-4-3-5-7-13)14-10-12(18(19,20)21)8-9-15(14)22-16/h3-10,22H,1H2,2H3. The van der Waals surface area contributed by atoms with E-state index in [2.05, 4.69) is 11.6 Å². The minimum atomic E-state index is -4.36. The Morgan fingerprint density at radius 2 is 1.78 bits per heavy atom. The molecule has 0 amide bonds. The lowest BCUT2D eigenvalue weighted by molar-refractivity contribution is -0.137. The Hall–Kier alpha value is -2.14. The number of alkyl halides is 3. The fourth-order valence-electron chi connectivity index (χ4n) is 2.36. The van der Waals surface area contributed by atoms with Gasteiger partial charge in [-0.15, -0.1) is 0 Å². The predicted molar refractivity (Wildman–Crippen MR) is 88.6 cm³/mol. The molecular weight excluding hydrogens is 319 g/mol. The Morgan fingerprint density at radius 1 is 1.09 bits per heavy atom. The van der Waals surface area contributed by atoms with E-state index in [1.165, 1.54) is 23.9 Å². The van der Waals surface area contributed by atoms with Crippen molar-refractivity contribution in [2.24, 2.45) is 0 Å². The SMILES string of the molecule is C=C(C)c1[nH]c2ccc(C(F)(F)F)cc2c1Sc1ccccc1. The van der Waals surface area contributed by atoms with Crippen LogP contribution in [0.4, 0.5) is 13.2 Å². The molecule has 1 aromatic heterocycles. The molecule has 23 heavy (non-hydrogen) atoms. The molecule has 0 unspecified atom stereocenters. The smallest absolute Gasteiger partial charge is 0.354 e. The van der Waals surface area contributed by atoms with Crippen molar-refractivity contribution in [3.63, 3.8) is 0 Å². The summed E-state index contributed by atoms with van der Waals surface area (Å²) in [4.78, 5) is 4.91. The third-order valence-corrected chi connectivity index (χ3v) is 4.60. The van der Waals surface area contributed by atoms with Crippen LogP contribution in [-0.2, 0) is 6.18 Å². The molecule has 118 valence electrons. The molecule has 0 saturated carbocycles. The van der Waals surface area contributed by atoms with Crippen molar-refractivity contribution in [1.29, 1.82) is 0 Å². The quantitative estimate of drug-likeness (QED) is 0.589. The van der Waals surface area contributed by atoms with Crippen LogP contribution in [0, 0.1) is 0 Å². The van der Waals surface area contributed by atoms with Gasteiger partial charge < -0.3 is 4.98 Å². The van der Waals surface area contributed by atoms with E-state index in [1.54, 1.807) is 0 Å².